The van der Waals surface area contributed by atoms with Crippen LogP contribution in [0.15, 0.2) is 12.3 Å². The highest BCUT2D eigenvalue weighted by Gasteiger charge is 2.20. The third-order valence-electron chi connectivity index (χ3n) is 2.55. The summed E-state index contributed by atoms with van der Waals surface area (Å²) in [5, 5.41) is 3.37. The zero-order valence-electron chi connectivity index (χ0n) is 8.71. The monoisotopic (exact) mass is 192 g/mol. The fourth-order valence-electron chi connectivity index (χ4n) is 1.40. The van der Waals surface area contributed by atoms with Crippen LogP contribution in [0.25, 0.3) is 0 Å². The molecule has 0 aromatic carbocycles. The van der Waals surface area contributed by atoms with Gasteiger partial charge in [-0.3, -0.25) is 4.98 Å². The van der Waals surface area contributed by atoms with Gasteiger partial charge in [0.2, 0.25) is 0 Å². The highest BCUT2D eigenvalue weighted by Crippen LogP contribution is 2.29. The molecule has 3 nitrogen and oxygen atoms in total. The lowest BCUT2D eigenvalue weighted by Crippen LogP contribution is -2.04. The van der Waals surface area contributed by atoms with Crippen LogP contribution in [0, 0.1) is 12.8 Å². The van der Waals surface area contributed by atoms with E-state index in [1.165, 1.54) is 12.8 Å². The van der Waals surface area contributed by atoms with Crippen LogP contribution in [-0.4, -0.2) is 18.6 Å². The normalized spacial score (nSPS) is 15.3. The van der Waals surface area contributed by atoms with Gasteiger partial charge < -0.3 is 10.1 Å². The first-order valence-corrected chi connectivity index (χ1v) is 5.04. The van der Waals surface area contributed by atoms with E-state index < -0.39 is 0 Å². The van der Waals surface area contributed by atoms with Crippen LogP contribution >= 0.6 is 0 Å². The summed E-state index contributed by atoms with van der Waals surface area (Å²) < 4.78 is 5.21. The molecule has 1 heterocycles. The Morgan fingerprint density at radius 2 is 2.36 bits per heavy atom. The second-order valence-corrected chi connectivity index (χ2v) is 3.84. The Labute approximate surface area is 84.5 Å². The molecule has 1 aromatic rings. The molecule has 0 spiro atoms. The van der Waals surface area contributed by atoms with Crippen molar-refractivity contribution >= 4 is 5.69 Å². The lowest BCUT2D eigenvalue weighted by molar-refractivity contribution is 0.409. The number of nitrogens with one attached hydrogen (secondary N) is 1. The zero-order chi connectivity index (χ0) is 9.97. The quantitative estimate of drug-likeness (QED) is 0.794. The van der Waals surface area contributed by atoms with Crippen molar-refractivity contribution in [2.24, 2.45) is 5.92 Å². The number of ether oxygens (including phenoxy) is 1. The Kier molecular flexibility index (Phi) is 2.57. The minimum Gasteiger partial charge on any atom is -0.495 e. The summed E-state index contributed by atoms with van der Waals surface area (Å²) in [6.45, 7) is 3.01. The molecule has 0 radical (unpaired) electrons. The van der Waals surface area contributed by atoms with Gasteiger partial charge in [-0.1, -0.05) is 0 Å². The number of pyridine rings is 1. The van der Waals surface area contributed by atoms with Crippen LogP contribution in [0.5, 0.6) is 5.75 Å². The average Bonchev–Trinajstić information content (AvgIpc) is 3.00. The standard InChI is InChI=1S/C11H16N2O/c1-8-11(14-2)5-10(7-12-8)13-6-9-3-4-9/h5,7,9,13H,3-4,6H2,1-2H3. The second-order valence-electron chi connectivity index (χ2n) is 3.84. The lowest BCUT2D eigenvalue weighted by atomic mass is 10.3. The van der Waals surface area contributed by atoms with Crippen molar-refractivity contribution in [1.82, 2.24) is 4.98 Å². The molecular formula is C11H16N2O. The Morgan fingerprint density at radius 1 is 1.57 bits per heavy atom. The third kappa shape index (κ3) is 2.16. The van der Waals surface area contributed by atoms with Crippen LogP contribution in [0.3, 0.4) is 0 Å². The molecule has 14 heavy (non-hydrogen) atoms. The summed E-state index contributed by atoms with van der Waals surface area (Å²) in [6, 6.07) is 2.00. The van der Waals surface area contributed by atoms with E-state index in [-0.39, 0.29) is 0 Å². The predicted molar refractivity (Wildman–Crippen MR) is 56.7 cm³/mol. The van der Waals surface area contributed by atoms with Crippen LogP contribution in [-0.2, 0) is 0 Å². The van der Waals surface area contributed by atoms with E-state index >= 15 is 0 Å². The number of nitrogens with zero attached hydrogens (tertiary/aromatic N) is 1. The molecule has 1 N–H and O–H groups in total. The smallest absolute Gasteiger partial charge is 0.142 e. The van der Waals surface area contributed by atoms with Crippen molar-refractivity contribution < 1.29 is 4.74 Å². The highest BCUT2D eigenvalue weighted by molar-refractivity contribution is 5.47. The largest absolute Gasteiger partial charge is 0.495 e. The Balaban J connectivity index is 2.01. The maximum atomic E-state index is 5.21. The first kappa shape index (κ1) is 9.31. The molecule has 0 atom stereocenters. The molecule has 0 bridgehead atoms. The van der Waals surface area contributed by atoms with Crippen molar-refractivity contribution in [3.8, 4) is 5.75 Å². The van der Waals surface area contributed by atoms with E-state index in [0.717, 1.165) is 29.6 Å². The van der Waals surface area contributed by atoms with Gasteiger partial charge in [-0.15, -0.1) is 0 Å². The number of aromatic nitrogens is 1. The van der Waals surface area contributed by atoms with Crippen molar-refractivity contribution in [3.05, 3.63) is 18.0 Å². The number of aryl methyl sites for hydroxylation is 1. The van der Waals surface area contributed by atoms with Crippen molar-refractivity contribution in [1.29, 1.82) is 0 Å². The average molecular weight is 192 g/mol. The van der Waals surface area contributed by atoms with Crippen LogP contribution in [0.4, 0.5) is 5.69 Å². The second kappa shape index (κ2) is 3.86. The fraction of sp³-hybridized carbons (Fsp3) is 0.545. The zero-order valence-corrected chi connectivity index (χ0v) is 8.71. The molecule has 0 aliphatic heterocycles. The van der Waals surface area contributed by atoms with Crippen LogP contribution in [0.1, 0.15) is 18.5 Å². The lowest BCUT2D eigenvalue weighted by Gasteiger charge is -2.08. The van der Waals surface area contributed by atoms with E-state index in [4.69, 9.17) is 4.74 Å². The predicted octanol–water partition coefficient (Wildman–Crippen LogP) is 2.22. The van der Waals surface area contributed by atoms with Gasteiger partial charge in [0.15, 0.2) is 0 Å². The summed E-state index contributed by atoms with van der Waals surface area (Å²) in [4.78, 5) is 4.26. The van der Waals surface area contributed by atoms with Gasteiger partial charge >= 0.3 is 0 Å². The first-order chi connectivity index (χ1) is 6.79. The topological polar surface area (TPSA) is 34.1 Å². The molecule has 1 saturated carbocycles. The summed E-state index contributed by atoms with van der Waals surface area (Å²) in [6.07, 6.45) is 4.59. The van der Waals surface area contributed by atoms with E-state index in [2.05, 4.69) is 10.3 Å². The molecule has 76 valence electrons. The van der Waals surface area contributed by atoms with E-state index in [0.29, 0.717) is 0 Å². The van der Waals surface area contributed by atoms with Crippen molar-refractivity contribution in [3.63, 3.8) is 0 Å². The highest BCUT2D eigenvalue weighted by atomic mass is 16.5. The minimum absolute atomic E-state index is 0.853. The van der Waals surface area contributed by atoms with Gasteiger partial charge in [0, 0.05) is 12.6 Å². The van der Waals surface area contributed by atoms with Crippen molar-refractivity contribution in [2.45, 2.75) is 19.8 Å². The molecule has 0 saturated heterocycles. The summed E-state index contributed by atoms with van der Waals surface area (Å²) in [7, 11) is 1.68. The van der Waals surface area contributed by atoms with Crippen LogP contribution in [0.2, 0.25) is 0 Å². The van der Waals surface area contributed by atoms with E-state index in [1.807, 2.05) is 19.2 Å². The summed E-state index contributed by atoms with van der Waals surface area (Å²) in [5.41, 5.74) is 1.99. The van der Waals surface area contributed by atoms with Gasteiger partial charge in [-0.05, 0) is 25.7 Å². The molecule has 1 aliphatic rings. The number of hydrogen-bond acceptors (Lipinski definition) is 3. The molecule has 0 unspecified atom stereocenters. The van der Waals surface area contributed by atoms with Crippen LogP contribution < -0.4 is 10.1 Å². The Bertz CT molecular complexity index is 321. The number of rotatable bonds is 4. The maximum Gasteiger partial charge on any atom is 0.142 e. The number of methoxy groups -OCH3 is 1. The molecule has 1 aliphatic carbocycles. The van der Waals surface area contributed by atoms with Gasteiger partial charge in [0.05, 0.1) is 24.7 Å². The third-order valence-corrected chi connectivity index (χ3v) is 2.55. The summed E-state index contributed by atoms with van der Waals surface area (Å²) in [5.74, 6) is 1.73. The molecule has 1 aromatic heterocycles. The minimum atomic E-state index is 0.853. The first-order valence-electron chi connectivity index (χ1n) is 5.04. The molecule has 3 heteroatoms. The molecule has 2 rings (SSSR count). The van der Waals surface area contributed by atoms with Gasteiger partial charge in [-0.25, -0.2) is 0 Å². The van der Waals surface area contributed by atoms with E-state index in [9.17, 15) is 0 Å². The maximum absolute atomic E-state index is 5.21. The van der Waals surface area contributed by atoms with Gasteiger partial charge in [0.25, 0.3) is 0 Å². The molecular weight excluding hydrogens is 176 g/mol. The SMILES string of the molecule is COc1cc(NCC2CC2)cnc1C. The molecule has 0 amide bonds. The Morgan fingerprint density at radius 3 is 3.00 bits per heavy atom. The number of hydrogen-bond donors (Lipinski definition) is 1. The fourth-order valence-corrected chi connectivity index (χ4v) is 1.40. The molecule has 1 fully saturated rings. The van der Waals surface area contributed by atoms with Crippen molar-refractivity contribution in [2.75, 3.05) is 19.0 Å². The number of anilines is 1. The van der Waals surface area contributed by atoms with E-state index in [1.54, 1.807) is 7.11 Å². The Hall–Kier alpha value is -1.25. The van der Waals surface area contributed by atoms with Gasteiger partial charge in [-0.2, -0.15) is 0 Å². The summed E-state index contributed by atoms with van der Waals surface area (Å²) >= 11 is 0. The van der Waals surface area contributed by atoms with Gasteiger partial charge in [0.1, 0.15) is 5.75 Å².